The molecular formula is C27H22ClN3O5. The van der Waals surface area contributed by atoms with Crippen LogP contribution in [0.25, 0.3) is 6.08 Å². The summed E-state index contributed by atoms with van der Waals surface area (Å²) >= 11 is 6.10. The van der Waals surface area contributed by atoms with Crippen molar-refractivity contribution in [1.82, 2.24) is 0 Å². The molecule has 182 valence electrons. The van der Waals surface area contributed by atoms with Crippen LogP contribution in [0.3, 0.4) is 0 Å². The van der Waals surface area contributed by atoms with Crippen LogP contribution in [0.2, 0.25) is 5.02 Å². The van der Waals surface area contributed by atoms with Crippen LogP contribution in [0.15, 0.2) is 72.3 Å². The monoisotopic (exact) mass is 503 g/mol. The van der Waals surface area contributed by atoms with Crippen LogP contribution < -0.4 is 15.4 Å². The second-order valence-electron chi connectivity index (χ2n) is 7.58. The molecule has 2 amide bonds. The largest absolute Gasteiger partial charge is 0.483 e. The highest BCUT2D eigenvalue weighted by Gasteiger charge is 2.14. The molecule has 0 aliphatic carbocycles. The number of nitriles is 1. The van der Waals surface area contributed by atoms with Crippen LogP contribution >= 0.6 is 11.6 Å². The Kier molecular flexibility index (Phi) is 8.81. The zero-order valence-corrected chi connectivity index (χ0v) is 20.3. The van der Waals surface area contributed by atoms with Crippen LogP contribution in [-0.2, 0) is 14.3 Å². The molecular weight excluding hydrogens is 482 g/mol. The molecule has 0 unspecified atom stereocenters. The minimum absolute atomic E-state index is 0.219. The fraction of sp³-hybridized carbons (Fsp3) is 0.111. The van der Waals surface area contributed by atoms with E-state index in [0.29, 0.717) is 27.5 Å². The Morgan fingerprint density at radius 2 is 1.61 bits per heavy atom. The molecule has 3 rings (SSSR count). The molecule has 0 saturated heterocycles. The second-order valence-corrected chi connectivity index (χ2v) is 8.01. The molecule has 2 N–H and O–H groups in total. The number of carbonyl (C=O) groups excluding carboxylic acids is 3. The molecule has 0 fully saturated rings. The van der Waals surface area contributed by atoms with Crippen LogP contribution in [0.1, 0.15) is 21.5 Å². The smallest absolute Gasteiger partial charge is 0.337 e. The normalized spacial score (nSPS) is 10.7. The third-order valence-electron chi connectivity index (χ3n) is 4.89. The van der Waals surface area contributed by atoms with Crippen LogP contribution in [0.5, 0.6) is 5.75 Å². The number of hydrogen-bond acceptors (Lipinski definition) is 6. The molecule has 0 saturated carbocycles. The van der Waals surface area contributed by atoms with E-state index in [-0.39, 0.29) is 23.8 Å². The number of anilines is 2. The van der Waals surface area contributed by atoms with E-state index in [4.69, 9.17) is 16.3 Å². The molecule has 0 aliphatic heterocycles. The van der Waals surface area contributed by atoms with Gasteiger partial charge in [0.2, 0.25) is 0 Å². The molecule has 8 nitrogen and oxygen atoms in total. The first kappa shape index (κ1) is 26.0. The van der Waals surface area contributed by atoms with E-state index in [9.17, 15) is 19.6 Å². The van der Waals surface area contributed by atoms with E-state index < -0.39 is 11.9 Å². The van der Waals surface area contributed by atoms with Crippen molar-refractivity contribution in [3.05, 3.63) is 94.0 Å². The minimum atomic E-state index is -0.675. The lowest BCUT2D eigenvalue weighted by molar-refractivity contribution is -0.118. The maximum Gasteiger partial charge on any atom is 0.337 e. The van der Waals surface area contributed by atoms with Crippen molar-refractivity contribution in [2.24, 2.45) is 0 Å². The lowest BCUT2D eigenvalue weighted by Crippen LogP contribution is -2.20. The zero-order valence-electron chi connectivity index (χ0n) is 19.5. The summed E-state index contributed by atoms with van der Waals surface area (Å²) in [6, 6.07) is 19.8. The number of esters is 1. The van der Waals surface area contributed by atoms with Gasteiger partial charge in [-0.15, -0.1) is 0 Å². The van der Waals surface area contributed by atoms with Crippen molar-refractivity contribution < 1.29 is 23.9 Å². The van der Waals surface area contributed by atoms with Gasteiger partial charge < -0.3 is 20.1 Å². The number of ether oxygens (including phenoxy) is 2. The van der Waals surface area contributed by atoms with Crippen LogP contribution in [-0.4, -0.2) is 31.5 Å². The van der Waals surface area contributed by atoms with E-state index in [2.05, 4.69) is 15.4 Å². The molecule has 0 aromatic heterocycles. The minimum Gasteiger partial charge on any atom is -0.483 e. The topological polar surface area (TPSA) is 118 Å². The van der Waals surface area contributed by atoms with Gasteiger partial charge >= 0.3 is 5.97 Å². The Balaban J connectivity index is 1.72. The van der Waals surface area contributed by atoms with Crippen molar-refractivity contribution in [1.29, 1.82) is 5.26 Å². The number of aryl methyl sites for hydroxylation is 1. The summed E-state index contributed by atoms with van der Waals surface area (Å²) in [5, 5.41) is 15.2. The molecule has 3 aromatic rings. The number of hydrogen-bond donors (Lipinski definition) is 2. The van der Waals surface area contributed by atoms with Crippen LogP contribution in [0.4, 0.5) is 11.4 Å². The van der Waals surface area contributed by atoms with Crippen molar-refractivity contribution in [3.8, 4) is 11.8 Å². The van der Waals surface area contributed by atoms with Gasteiger partial charge in [-0.2, -0.15) is 5.26 Å². The van der Waals surface area contributed by atoms with E-state index in [1.165, 1.54) is 43.5 Å². The molecule has 0 radical (unpaired) electrons. The van der Waals surface area contributed by atoms with Gasteiger partial charge in [0.15, 0.2) is 6.61 Å². The molecule has 0 aliphatic rings. The lowest BCUT2D eigenvalue weighted by atomic mass is 10.1. The molecule has 0 heterocycles. The average Bonchev–Trinajstić information content (AvgIpc) is 2.88. The SMILES string of the molecule is COC(=O)c1ccc(NC(=O)/C(C#N)=C/c2cc(Cl)ccc2OCC(=O)Nc2ccc(C)cc2)cc1. The summed E-state index contributed by atoms with van der Waals surface area (Å²) in [6.07, 6.45) is 1.32. The van der Waals surface area contributed by atoms with E-state index in [1.54, 1.807) is 24.3 Å². The maximum absolute atomic E-state index is 12.7. The lowest BCUT2D eigenvalue weighted by Gasteiger charge is -2.11. The van der Waals surface area contributed by atoms with Crippen molar-refractivity contribution >= 4 is 46.8 Å². The summed E-state index contributed by atoms with van der Waals surface area (Å²) in [5.74, 6) is -1.29. The summed E-state index contributed by atoms with van der Waals surface area (Å²) in [6.45, 7) is 1.65. The summed E-state index contributed by atoms with van der Waals surface area (Å²) in [5.41, 5.74) is 2.52. The Morgan fingerprint density at radius 1 is 0.972 bits per heavy atom. The third kappa shape index (κ3) is 7.19. The van der Waals surface area contributed by atoms with Gasteiger partial charge in [-0.1, -0.05) is 29.3 Å². The molecule has 9 heteroatoms. The highest BCUT2D eigenvalue weighted by Crippen LogP contribution is 2.26. The Bertz CT molecular complexity index is 1340. The third-order valence-corrected chi connectivity index (χ3v) is 5.13. The number of nitrogens with zero attached hydrogens (tertiary/aromatic N) is 1. The number of halogens is 1. The van der Waals surface area contributed by atoms with Gasteiger partial charge in [0.1, 0.15) is 17.4 Å². The Labute approximate surface area is 213 Å². The highest BCUT2D eigenvalue weighted by molar-refractivity contribution is 6.30. The predicted octanol–water partition coefficient (Wildman–Crippen LogP) is 5.00. The summed E-state index contributed by atoms with van der Waals surface area (Å²) in [4.78, 5) is 36.5. The van der Waals surface area contributed by atoms with Gasteiger partial charge in [-0.25, -0.2) is 4.79 Å². The molecule has 0 spiro atoms. The first-order valence-corrected chi connectivity index (χ1v) is 11.1. The molecule has 36 heavy (non-hydrogen) atoms. The second kappa shape index (κ2) is 12.2. The van der Waals surface area contributed by atoms with Gasteiger partial charge in [-0.05, 0) is 67.6 Å². The molecule has 0 bridgehead atoms. The number of carbonyl (C=O) groups is 3. The quantitative estimate of drug-likeness (QED) is 0.254. The Hall–Kier alpha value is -4.61. The maximum atomic E-state index is 12.7. The van der Waals surface area contributed by atoms with Crippen molar-refractivity contribution in [2.75, 3.05) is 24.4 Å². The first-order valence-electron chi connectivity index (χ1n) is 10.7. The standard InChI is InChI=1S/C27H22ClN3O5/c1-17-3-8-22(9-4-17)30-25(32)16-36-24-12-7-21(28)14-19(24)13-20(15-29)26(33)31-23-10-5-18(6-11-23)27(34)35-2/h3-14H,16H2,1-2H3,(H,30,32)(H,31,33)/b20-13+. The van der Waals surface area contributed by atoms with Crippen LogP contribution in [0, 0.1) is 18.3 Å². The number of methoxy groups -OCH3 is 1. The van der Waals surface area contributed by atoms with Crippen molar-refractivity contribution in [3.63, 3.8) is 0 Å². The summed E-state index contributed by atoms with van der Waals surface area (Å²) in [7, 11) is 1.27. The van der Waals surface area contributed by atoms with E-state index >= 15 is 0 Å². The number of amides is 2. The van der Waals surface area contributed by atoms with Gasteiger partial charge in [-0.3, -0.25) is 9.59 Å². The van der Waals surface area contributed by atoms with Gasteiger partial charge in [0, 0.05) is 22.0 Å². The van der Waals surface area contributed by atoms with Gasteiger partial charge in [0.25, 0.3) is 11.8 Å². The molecule has 3 aromatic carbocycles. The van der Waals surface area contributed by atoms with Crippen molar-refractivity contribution in [2.45, 2.75) is 6.92 Å². The fourth-order valence-electron chi connectivity index (χ4n) is 3.05. The Morgan fingerprint density at radius 3 is 2.25 bits per heavy atom. The first-order chi connectivity index (χ1) is 17.3. The van der Waals surface area contributed by atoms with E-state index in [1.807, 2.05) is 25.1 Å². The average molecular weight is 504 g/mol. The highest BCUT2D eigenvalue weighted by atomic mass is 35.5. The number of benzene rings is 3. The fourth-order valence-corrected chi connectivity index (χ4v) is 3.23. The zero-order chi connectivity index (χ0) is 26.1. The van der Waals surface area contributed by atoms with Gasteiger partial charge in [0.05, 0.1) is 12.7 Å². The molecule has 0 atom stereocenters. The predicted molar refractivity (Wildman–Crippen MR) is 137 cm³/mol. The summed E-state index contributed by atoms with van der Waals surface area (Å²) < 4.78 is 10.3. The van der Waals surface area contributed by atoms with E-state index in [0.717, 1.165) is 5.56 Å². The number of rotatable bonds is 8. The number of nitrogens with one attached hydrogen (secondary N) is 2.